The number of benzene rings is 1. The molecule has 0 saturated heterocycles. The summed E-state index contributed by atoms with van der Waals surface area (Å²) in [7, 11) is 2.97. The number of hydrogen-bond donors (Lipinski definition) is 0. The fraction of sp³-hybridized carbons (Fsp3) is 0.318. The van der Waals surface area contributed by atoms with E-state index in [9.17, 15) is 4.79 Å². The summed E-state index contributed by atoms with van der Waals surface area (Å²) in [6.07, 6.45) is 7.33. The molecule has 0 spiro atoms. The normalized spacial score (nSPS) is 14.3. The Balaban J connectivity index is 2.35. The lowest BCUT2D eigenvalue weighted by atomic mass is 10.1. The molecule has 1 aromatic carbocycles. The molecule has 0 atom stereocenters. The Hall–Kier alpha value is -2.95. The zero-order chi connectivity index (χ0) is 20.0. The first-order valence-corrected chi connectivity index (χ1v) is 8.80. The highest BCUT2D eigenvalue weighted by Crippen LogP contribution is 2.28. The number of carbonyl (C=O) groups is 1. The number of nitrogens with zero attached hydrogens (tertiary/aromatic N) is 1. The standard InChI is InChI=1S/C22H27NO4/c1-15(2)11-12-23-17(4)8-10-19(21(23)22(24)26-6)27-14-18-9-7-16(3)13-20(18)25-5/h7-13,15H,4,14H2,1-3,5-6H3/b12-11-. The topological polar surface area (TPSA) is 48.0 Å². The lowest BCUT2D eigenvalue weighted by molar-refractivity contribution is -0.137. The van der Waals surface area contributed by atoms with Gasteiger partial charge in [-0.05, 0) is 36.6 Å². The summed E-state index contributed by atoms with van der Waals surface area (Å²) < 4.78 is 16.4. The maximum absolute atomic E-state index is 12.4. The second kappa shape index (κ2) is 9.12. The molecule has 0 fully saturated rings. The lowest BCUT2D eigenvalue weighted by Crippen LogP contribution is -2.27. The molecule has 0 aliphatic carbocycles. The van der Waals surface area contributed by atoms with Crippen LogP contribution in [0.4, 0.5) is 0 Å². The maximum atomic E-state index is 12.4. The molecule has 27 heavy (non-hydrogen) atoms. The van der Waals surface area contributed by atoms with Gasteiger partial charge in [-0.3, -0.25) is 0 Å². The van der Waals surface area contributed by atoms with Crippen molar-refractivity contribution in [3.63, 3.8) is 0 Å². The van der Waals surface area contributed by atoms with Crippen molar-refractivity contribution in [2.24, 2.45) is 5.92 Å². The molecule has 1 aliphatic rings. The van der Waals surface area contributed by atoms with E-state index in [1.807, 2.05) is 37.4 Å². The van der Waals surface area contributed by atoms with E-state index in [-0.39, 0.29) is 6.61 Å². The Bertz CT molecular complexity index is 803. The minimum absolute atomic E-state index is 0.262. The molecule has 0 saturated carbocycles. The Morgan fingerprint density at radius 2 is 2.00 bits per heavy atom. The maximum Gasteiger partial charge on any atom is 0.358 e. The summed E-state index contributed by atoms with van der Waals surface area (Å²) in [6.45, 7) is 10.4. The zero-order valence-electron chi connectivity index (χ0n) is 16.6. The minimum atomic E-state index is -0.486. The third-order valence-electron chi connectivity index (χ3n) is 4.04. The van der Waals surface area contributed by atoms with Gasteiger partial charge < -0.3 is 19.1 Å². The summed E-state index contributed by atoms with van der Waals surface area (Å²) in [6, 6.07) is 5.89. The van der Waals surface area contributed by atoms with Gasteiger partial charge in [-0.1, -0.05) is 38.6 Å². The number of hydrogen-bond acceptors (Lipinski definition) is 5. The quantitative estimate of drug-likeness (QED) is 0.664. The average molecular weight is 369 g/mol. The van der Waals surface area contributed by atoms with Crippen molar-refractivity contribution in [1.82, 2.24) is 4.90 Å². The van der Waals surface area contributed by atoms with Crippen LogP contribution >= 0.6 is 0 Å². The predicted octanol–water partition coefficient (Wildman–Crippen LogP) is 4.46. The van der Waals surface area contributed by atoms with E-state index in [4.69, 9.17) is 14.2 Å². The Labute approximate surface area is 161 Å². The minimum Gasteiger partial charge on any atom is -0.496 e. The van der Waals surface area contributed by atoms with Gasteiger partial charge in [0.1, 0.15) is 12.4 Å². The molecule has 0 N–H and O–H groups in total. The van der Waals surface area contributed by atoms with Gasteiger partial charge in [0.2, 0.25) is 0 Å². The first kappa shape index (κ1) is 20.4. The molecule has 144 valence electrons. The van der Waals surface area contributed by atoms with E-state index < -0.39 is 5.97 Å². The highest BCUT2D eigenvalue weighted by molar-refractivity contribution is 5.90. The third-order valence-corrected chi connectivity index (χ3v) is 4.04. The van der Waals surface area contributed by atoms with E-state index in [1.54, 1.807) is 24.2 Å². The molecule has 0 radical (unpaired) electrons. The van der Waals surface area contributed by atoms with Gasteiger partial charge in [-0.25, -0.2) is 4.79 Å². The van der Waals surface area contributed by atoms with Crippen LogP contribution in [0.5, 0.6) is 5.75 Å². The number of esters is 1. The van der Waals surface area contributed by atoms with E-state index in [1.165, 1.54) is 7.11 Å². The van der Waals surface area contributed by atoms with Crippen LogP contribution in [-0.4, -0.2) is 25.1 Å². The second-order valence-electron chi connectivity index (χ2n) is 6.59. The van der Waals surface area contributed by atoms with Crippen LogP contribution in [0.15, 0.2) is 66.4 Å². The van der Waals surface area contributed by atoms with Crippen LogP contribution in [0.25, 0.3) is 0 Å². The van der Waals surface area contributed by atoms with Crippen molar-refractivity contribution >= 4 is 5.97 Å². The number of rotatable bonds is 7. The fourth-order valence-corrected chi connectivity index (χ4v) is 2.56. The fourth-order valence-electron chi connectivity index (χ4n) is 2.56. The van der Waals surface area contributed by atoms with E-state index in [0.29, 0.717) is 23.1 Å². The number of ether oxygens (including phenoxy) is 3. The molecular formula is C22H27NO4. The first-order chi connectivity index (χ1) is 12.9. The molecule has 0 amide bonds. The Morgan fingerprint density at radius 1 is 1.26 bits per heavy atom. The smallest absolute Gasteiger partial charge is 0.358 e. The molecule has 2 rings (SSSR count). The summed E-state index contributed by atoms with van der Waals surface area (Å²) in [5.41, 5.74) is 2.95. The molecular weight excluding hydrogens is 342 g/mol. The average Bonchev–Trinajstić information content (AvgIpc) is 2.65. The summed E-state index contributed by atoms with van der Waals surface area (Å²) in [4.78, 5) is 14.1. The highest BCUT2D eigenvalue weighted by atomic mass is 16.5. The van der Waals surface area contributed by atoms with Gasteiger partial charge in [0.05, 0.1) is 14.2 Å². The number of aryl methyl sites for hydroxylation is 1. The van der Waals surface area contributed by atoms with Crippen molar-refractivity contribution in [3.8, 4) is 5.75 Å². The van der Waals surface area contributed by atoms with Crippen LogP contribution in [0.3, 0.4) is 0 Å². The Kier molecular flexibility index (Phi) is 6.88. The second-order valence-corrected chi connectivity index (χ2v) is 6.59. The van der Waals surface area contributed by atoms with Crippen molar-refractivity contribution < 1.29 is 19.0 Å². The van der Waals surface area contributed by atoms with Crippen LogP contribution in [0, 0.1) is 12.8 Å². The molecule has 5 heteroatoms. The molecule has 1 heterocycles. The highest BCUT2D eigenvalue weighted by Gasteiger charge is 2.26. The number of allylic oxidation sites excluding steroid dienone is 3. The van der Waals surface area contributed by atoms with Gasteiger partial charge in [0.15, 0.2) is 11.5 Å². The predicted molar refractivity (Wildman–Crippen MR) is 106 cm³/mol. The van der Waals surface area contributed by atoms with E-state index >= 15 is 0 Å². The van der Waals surface area contributed by atoms with Crippen molar-refractivity contribution in [2.45, 2.75) is 27.4 Å². The zero-order valence-corrected chi connectivity index (χ0v) is 16.6. The van der Waals surface area contributed by atoms with Gasteiger partial charge in [0.25, 0.3) is 0 Å². The molecule has 1 aliphatic heterocycles. The van der Waals surface area contributed by atoms with Gasteiger partial charge >= 0.3 is 5.97 Å². The van der Waals surface area contributed by atoms with Gasteiger partial charge in [-0.2, -0.15) is 0 Å². The van der Waals surface area contributed by atoms with Crippen molar-refractivity contribution in [3.05, 3.63) is 77.5 Å². The molecule has 0 bridgehead atoms. The number of methoxy groups -OCH3 is 2. The van der Waals surface area contributed by atoms with Crippen molar-refractivity contribution in [2.75, 3.05) is 14.2 Å². The van der Waals surface area contributed by atoms with Crippen LogP contribution < -0.4 is 4.74 Å². The van der Waals surface area contributed by atoms with Crippen molar-refractivity contribution in [1.29, 1.82) is 0 Å². The summed E-state index contributed by atoms with van der Waals surface area (Å²) in [5.74, 6) is 1.00. The molecule has 0 unspecified atom stereocenters. The third kappa shape index (κ3) is 5.03. The van der Waals surface area contributed by atoms with Crippen LogP contribution in [0.1, 0.15) is 25.0 Å². The lowest BCUT2D eigenvalue weighted by Gasteiger charge is -2.27. The summed E-state index contributed by atoms with van der Waals surface area (Å²) in [5, 5.41) is 0. The summed E-state index contributed by atoms with van der Waals surface area (Å²) >= 11 is 0. The van der Waals surface area contributed by atoms with E-state index in [2.05, 4.69) is 20.4 Å². The van der Waals surface area contributed by atoms with Crippen LogP contribution in [-0.2, 0) is 20.9 Å². The Morgan fingerprint density at radius 3 is 2.63 bits per heavy atom. The largest absolute Gasteiger partial charge is 0.496 e. The monoisotopic (exact) mass is 369 g/mol. The molecule has 5 nitrogen and oxygen atoms in total. The van der Waals surface area contributed by atoms with Crippen LogP contribution in [0.2, 0.25) is 0 Å². The van der Waals surface area contributed by atoms with E-state index in [0.717, 1.165) is 16.9 Å². The SMILES string of the molecule is C=C1C=CC(OCc2ccc(C)cc2OC)=C(C(=O)OC)N1/C=C\C(C)C. The molecule has 1 aromatic rings. The molecule has 0 aromatic heterocycles. The van der Waals surface area contributed by atoms with Gasteiger partial charge in [-0.15, -0.1) is 0 Å². The first-order valence-electron chi connectivity index (χ1n) is 8.80. The van der Waals surface area contributed by atoms with Gasteiger partial charge in [0, 0.05) is 17.5 Å². The number of carbonyl (C=O) groups excluding carboxylic acids is 1.